The molecule has 3 aromatic rings. The van der Waals surface area contributed by atoms with Crippen molar-refractivity contribution in [3.05, 3.63) is 42.3 Å². The standard InChI is InChI=1S/C22H23N3O6/c1-27-15-6-7-16(18(11-15)29-3)25-12-14(10-20(25)26)22-23-21(24-31-22)13-5-8-17(28-2)19(9-13)30-4/h5-9,11,14H,10,12H2,1-4H3/t14-/m1/s1. The lowest BCUT2D eigenvalue weighted by molar-refractivity contribution is -0.117. The molecule has 0 N–H and O–H groups in total. The van der Waals surface area contributed by atoms with Crippen molar-refractivity contribution in [1.29, 1.82) is 0 Å². The molecule has 0 saturated carbocycles. The molecule has 2 heterocycles. The third-order valence-corrected chi connectivity index (χ3v) is 5.24. The van der Waals surface area contributed by atoms with Crippen LogP contribution in [0.5, 0.6) is 23.0 Å². The first-order valence-corrected chi connectivity index (χ1v) is 9.66. The number of nitrogens with zero attached hydrogens (tertiary/aromatic N) is 3. The number of carbonyl (C=O) groups is 1. The van der Waals surface area contributed by atoms with Crippen LogP contribution in [0.1, 0.15) is 18.2 Å². The van der Waals surface area contributed by atoms with Gasteiger partial charge in [0, 0.05) is 24.6 Å². The molecule has 0 radical (unpaired) electrons. The summed E-state index contributed by atoms with van der Waals surface area (Å²) in [5.74, 6) is 2.96. The van der Waals surface area contributed by atoms with Crippen LogP contribution in [0.25, 0.3) is 11.4 Å². The average molecular weight is 425 g/mol. The van der Waals surface area contributed by atoms with E-state index < -0.39 is 0 Å². The molecule has 1 fully saturated rings. The van der Waals surface area contributed by atoms with E-state index in [0.717, 1.165) is 5.56 Å². The molecule has 2 aromatic carbocycles. The van der Waals surface area contributed by atoms with Crippen molar-refractivity contribution >= 4 is 11.6 Å². The van der Waals surface area contributed by atoms with E-state index in [9.17, 15) is 4.79 Å². The minimum absolute atomic E-state index is 0.0423. The van der Waals surface area contributed by atoms with Gasteiger partial charge in [-0.15, -0.1) is 0 Å². The van der Waals surface area contributed by atoms with E-state index >= 15 is 0 Å². The van der Waals surface area contributed by atoms with Gasteiger partial charge < -0.3 is 28.4 Å². The Labute approximate surface area is 179 Å². The number of carbonyl (C=O) groups excluding carboxylic acids is 1. The summed E-state index contributed by atoms with van der Waals surface area (Å²) >= 11 is 0. The Morgan fingerprint density at radius 3 is 2.42 bits per heavy atom. The highest BCUT2D eigenvalue weighted by atomic mass is 16.5. The van der Waals surface area contributed by atoms with E-state index in [1.54, 1.807) is 63.7 Å². The van der Waals surface area contributed by atoms with Crippen LogP contribution in [-0.2, 0) is 4.79 Å². The Hall–Kier alpha value is -3.75. The predicted octanol–water partition coefficient (Wildman–Crippen LogP) is 3.29. The van der Waals surface area contributed by atoms with Crippen molar-refractivity contribution in [2.24, 2.45) is 0 Å². The third-order valence-electron chi connectivity index (χ3n) is 5.24. The zero-order valence-corrected chi connectivity index (χ0v) is 17.7. The fraction of sp³-hybridized carbons (Fsp3) is 0.318. The van der Waals surface area contributed by atoms with Crippen molar-refractivity contribution in [3.63, 3.8) is 0 Å². The molecule has 1 amide bonds. The van der Waals surface area contributed by atoms with Gasteiger partial charge in [-0.3, -0.25) is 4.79 Å². The molecule has 1 aromatic heterocycles. The zero-order valence-electron chi connectivity index (χ0n) is 17.7. The number of methoxy groups -OCH3 is 4. The normalized spacial score (nSPS) is 15.8. The summed E-state index contributed by atoms with van der Waals surface area (Å²) in [6.07, 6.45) is 0.267. The molecule has 1 aliphatic heterocycles. The number of amides is 1. The second kappa shape index (κ2) is 8.55. The van der Waals surface area contributed by atoms with Crippen LogP contribution in [0.15, 0.2) is 40.9 Å². The van der Waals surface area contributed by atoms with Gasteiger partial charge in [-0.1, -0.05) is 5.16 Å². The van der Waals surface area contributed by atoms with E-state index in [-0.39, 0.29) is 18.2 Å². The van der Waals surface area contributed by atoms with Crippen LogP contribution < -0.4 is 23.8 Å². The number of hydrogen-bond donors (Lipinski definition) is 0. The molecule has 0 aliphatic carbocycles. The molecule has 1 aliphatic rings. The molecule has 31 heavy (non-hydrogen) atoms. The molecule has 162 valence electrons. The number of hydrogen-bond acceptors (Lipinski definition) is 8. The molecule has 9 heteroatoms. The van der Waals surface area contributed by atoms with E-state index in [0.29, 0.717) is 46.9 Å². The molecular formula is C22H23N3O6. The maximum absolute atomic E-state index is 12.7. The molecule has 0 unspecified atom stereocenters. The highest BCUT2D eigenvalue weighted by Gasteiger charge is 2.36. The molecule has 1 atom stereocenters. The van der Waals surface area contributed by atoms with Crippen LogP contribution in [0.2, 0.25) is 0 Å². The van der Waals surface area contributed by atoms with Gasteiger partial charge in [-0.25, -0.2) is 0 Å². The van der Waals surface area contributed by atoms with E-state index in [4.69, 9.17) is 23.5 Å². The van der Waals surface area contributed by atoms with Crippen molar-refractivity contribution < 1.29 is 28.3 Å². The van der Waals surface area contributed by atoms with Gasteiger partial charge in [-0.2, -0.15) is 4.98 Å². The number of benzene rings is 2. The highest BCUT2D eigenvalue weighted by molar-refractivity contribution is 5.97. The third kappa shape index (κ3) is 3.86. The van der Waals surface area contributed by atoms with Crippen LogP contribution in [0.4, 0.5) is 5.69 Å². The maximum atomic E-state index is 12.7. The molecule has 0 bridgehead atoms. The molecule has 0 spiro atoms. The van der Waals surface area contributed by atoms with E-state index in [2.05, 4.69) is 10.1 Å². The zero-order chi connectivity index (χ0) is 22.0. The average Bonchev–Trinajstić information content (AvgIpc) is 3.45. The number of ether oxygens (including phenoxy) is 4. The summed E-state index contributed by atoms with van der Waals surface area (Å²) in [6.45, 7) is 0.412. The Morgan fingerprint density at radius 2 is 1.71 bits per heavy atom. The first-order valence-electron chi connectivity index (χ1n) is 9.66. The summed E-state index contributed by atoms with van der Waals surface area (Å²) in [4.78, 5) is 18.9. The van der Waals surface area contributed by atoms with Crippen LogP contribution in [-0.4, -0.2) is 51.0 Å². The summed E-state index contributed by atoms with van der Waals surface area (Å²) < 4.78 is 26.8. The molecular weight excluding hydrogens is 402 g/mol. The number of anilines is 1. The lowest BCUT2D eigenvalue weighted by Gasteiger charge is -2.19. The minimum atomic E-state index is -0.222. The highest BCUT2D eigenvalue weighted by Crippen LogP contribution is 2.38. The van der Waals surface area contributed by atoms with Gasteiger partial charge in [-0.05, 0) is 30.3 Å². The van der Waals surface area contributed by atoms with Crippen LogP contribution >= 0.6 is 0 Å². The Bertz CT molecular complexity index is 1100. The van der Waals surface area contributed by atoms with Gasteiger partial charge in [0.05, 0.1) is 40.0 Å². The lowest BCUT2D eigenvalue weighted by atomic mass is 10.1. The van der Waals surface area contributed by atoms with Gasteiger partial charge >= 0.3 is 0 Å². The quantitative estimate of drug-likeness (QED) is 0.569. The Kier molecular flexibility index (Phi) is 5.66. The molecule has 9 nitrogen and oxygen atoms in total. The smallest absolute Gasteiger partial charge is 0.232 e. The Morgan fingerprint density at radius 1 is 0.935 bits per heavy atom. The monoisotopic (exact) mass is 425 g/mol. The first kappa shape index (κ1) is 20.5. The van der Waals surface area contributed by atoms with Crippen molar-refractivity contribution in [2.75, 3.05) is 39.9 Å². The van der Waals surface area contributed by atoms with Crippen molar-refractivity contribution in [1.82, 2.24) is 10.1 Å². The molecule has 4 rings (SSSR count). The topological polar surface area (TPSA) is 96.2 Å². The maximum Gasteiger partial charge on any atom is 0.232 e. The van der Waals surface area contributed by atoms with Gasteiger partial charge in [0.15, 0.2) is 11.5 Å². The largest absolute Gasteiger partial charge is 0.497 e. The van der Waals surface area contributed by atoms with E-state index in [1.807, 2.05) is 6.07 Å². The van der Waals surface area contributed by atoms with Crippen LogP contribution in [0, 0.1) is 0 Å². The number of aromatic nitrogens is 2. The predicted molar refractivity (Wildman–Crippen MR) is 112 cm³/mol. The van der Waals surface area contributed by atoms with Crippen molar-refractivity contribution in [3.8, 4) is 34.4 Å². The van der Waals surface area contributed by atoms with Gasteiger partial charge in [0.1, 0.15) is 11.5 Å². The fourth-order valence-electron chi connectivity index (χ4n) is 3.61. The van der Waals surface area contributed by atoms with Gasteiger partial charge in [0.2, 0.25) is 17.6 Å². The van der Waals surface area contributed by atoms with Gasteiger partial charge in [0.25, 0.3) is 0 Å². The Balaban J connectivity index is 1.56. The second-order valence-corrected chi connectivity index (χ2v) is 6.97. The minimum Gasteiger partial charge on any atom is -0.497 e. The second-order valence-electron chi connectivity index (χ2n) is 6.97. The summed E-state index contributed by atoms with van der Waals surface area (Å²) in [5.41, 5.74) is 1.40. The SMILES string of the molecule is COc1ccc(N2C[C@H](c3nc(-c4ccc(OC)c(OC)c4)no3)CC2=O)c(OC)c1. The lowest BCUT2D eigenvalue weighted by Crippen LogP contribution is -2.24. The first-order chi connectivity index (χ1) is 15.1. The van der Waals surface area contributed by atoms with E-state index in [1.165, 1.54) is 0 Å². The fourth-order valence-corrected chi connectivity index (χ4v) is 3.61. The van der Waals surface area contributed by atoms with Crippen molar-refractivity contribution in [2.45, 2.75) is 12.3 Å². The summed E-state index contributed by atoms with van der Waals surface area (Å²) in [7, 11) is 6.28. The number of rotatable bonds is 7. The molecule has 1 saturated heterocycles. The van der Waals surface area contributed by atoms with Crippen LogP contribution in [0.3, 0.4) is 0 Å². The summed E-state index contributed by atoms with van der Waals surface area (Å²) in [5, 5.41) is 4.09. The summed E-state index contributed by atoms with van der Waals surface area (Å²) in [6, 6.07) is 10.7.